The molecule has 0 saturated heterocycles. The second-order valence-electron chi connectivity index (χ2n) is 4.73. The zero-order chi connectivity index (χ0) is 13.7. The van der Waals surface area contributed by atoms with E-state index in [2.05, 4.69) is 10.2 Å². The number of hydrogen-bond donors (Lipinski definition) is 2. The molecular weight excluding hydrogens is 242 g/mol. The minimum atomic E-state index is 0.0209. The Labute approximate surface area is 113 Å². The molecule has 0 aromatic heterocycles. The van der Waals surface area contributed by atoms with Crippen molar-refractivity contribution in [3.8, 4) is 0 Å². The molecule has 2 rings (SSSR count). The van der Waals surface area contributed by atoms with Crippen molar-refractivity contribution < 1.29 is 9.53 Å². The first-order chi connectivity index (χ1) is 9.26. The van der Waals surface area contributed by atoms with Gasteiger partial charge in [-0.3, -0.25) is 4.79 Å². The van der Waals surface area contributed by atoms with Gasteiger partial charge in [0.15, 0.2) is 0 Å². The molecule has 0 saturated carbocycles. The first-order valence-electron chi connectivity index (χ1n) is 6.60. The summed E-state index contributed by atoms with van der Waals surface area (Å²) in [7, 11) is 1.69. The highest BCUT2D eigenvalue weighted by atomic mass is 16.5. The number of nitrogens with zero attached hydrogens (tertiary/aromatic N) is 1. The molecule has 0 bridgehead atoms. The SMILES string of the molecule is COCC(CCCN)N1CC(=O)Nc2ccccc21. The lowest BCUT2D eigenvalue weighted by Gasteiger charge is -2.37. The van der Waals surface area contributed by atoms with Crippen LogP contribution in [0, 0.1) is 0 Å². The number of hydrogen-bond acceptors (Lipinski definition) is 4. The van der Waals surface area contributed by atoms with Crippen LogP contribution in [0.15, 0.2) is 24.3 Å². The molecule has 0 spiro atoms. The second kappa shape index (κ2) is 6.54. The molecule has 19 heavy (non-hydrogen) atoms. The van der Waals surface area contributed by atoms with Crippen molar-refractivity contribution in [1.29, 1.82) is 0 Å². The molecule has 0 fully saturated rings. The quantitative estimate of drug-likeness (QED) is 0.809. The third-order valence-corrected chi connectivity index (χ3v) is 3.34. The van der Waals surface area contributed by atoms with Gasteiger partial charge in [0.05, 0.1) is 30.6 Å². The smallest absolute Gasteiger partial charge is 0.243 e. The van der Waals surface area contributed by atoms with Crippen LogP contribution in [0.3, 0.4) is 0 Å². The Kier molecular flexibility index (Phi) is 4.76. The van der Waals surface area contributed by atoms with Gasteiger partial charge >= 0.3 is 0 Å². The fraction of sp³-hybridized carbons (Fsp3) is 0.500. The van der Waals surface area contributed by atoms with E-state index >= 15 is 0 Å². The Bertz CT molecular complexity index is 436. The average molecular weight is 263 g/mol. The van der Waals surface area contributed by atoms with Crippen molar-refractivity contribution in [3.05, 3.63) is 24.3 Å². The lowest BCUT2D eigenvalue weighted by molar-refractivity contribution is -0.115. The van der Waals surface area contributed by atoms with Crippen LogP contribution in [-0.2, 0) is 9.53 Å². The minimum Gasteiger partial charge on any atom is -0.383 e. The molecule has 0 aliphatic carbocycles. The molecule has 104 valence electrons. The van der Waals surface area contributed by atoms with Crippen LogP contribution < -0.4 is 16.0 Å². The van der Waals surface area contributed by atoms with Gasteiger partial charge in [0.1, 0.15) is 0 Å². The number of carbonyl (C=O) groups is 1. The van der Waals surface area contributed by atoms with Crippen LogP contribution in [0.1, 0.15) is 12.8 Å². The van der Waals surface area contributed by atoms with Gasteiger partial charge in [-0.1, -0.05) is 12.1 Å². The van der Waals surface area contributed by atoms with E-state index in [1.54, 1.807) is 7.11 Å². The van der Waals surface area contributed by atoms with Crippen molar-refractivity contribution >= 4 is 17.3 Å². The molecule has 1 aromatic rings. The zero-order valence-corrected chi connectivity index (χ0v) is 11.3. The lowest BCUT2D eigenvalue weighted by atomic mass is 10.1. The van der Waals surface area contributed by atoms with Gasteiger partial charge in [0.2, 0.25) is 5.91 Å². The van der Waals surface area contributed by atoms with Crippen molar-refractivity contribution in [2.75, 3.05) is 37.0 Å². The summed E-state index contributed by atoms with van der Waals surface area (Å²) >= 11 is 0. The van der Waals surface area contributed by atoms with Gasteiger partial charge in [-0.2, -0.15) is 0 Å². The molecule has 5 nitrogen and oxygen atoms in total. The highest BCUT2D eigenvalue weighted by Gasteiger charge is 2.27. The molecule has 3 N–H and O–H groups in total. The Balaban J connectivity index is 2.23. The van der Waals surface area contributed by atoms with E-state index in [9.17, 15) is 4.79 Å². The summed E-state index contributed by atoms with van der Waals surface area (Å²) in [5, 5.41) is 2.90. The lowest BCUT2D eigenvalue weighted by Crippen LogP contribution is -2.46. The van der Waals surface area contributed by atoms with Crippen molar-refractivity contribution in [2.24, 2.45) is 5.73 Å². The maximum absolute atomic E-state index is 11.8. The summed E-state index contributed by atoms with van der Waals surface area (Å²) in [4.78, 5) is 13.9. The molecule has 1 atom stereocenters. The number of para-hydroxylation sites is 2. The number of nitrogens with two attached hydrogens (primary N) is 1. The average Bonchev–Trinajstić information content (AvgIpc) is 2.42. The van der Waals surface area contributed by atoms with Crippen LogP contribution in [0.25, 0.3) is 0 Å². The highest BCUT2D eigenvalue weighted by Crippen LogP contribution is 2.31. The fourth-order valence-electron chi connectivity index (χ4n) is 2.46. The number of rotatable bonds is 6. The van der Waals surface area contributed by atoms with Crippen LogP contribution >= 0.6 is 0 Å². The summed E-state index contributed by atoms with van der Waals surface area (Å²) in [6, 6.07) is 8.04. The van der Waals surface area contributed by atoms with Crippen molar-refractivity contribution in [2.45, 2.75) is 18.9 Å². The van der Waals surface area contributed by atoms with Gasteiger partial charge in [-0.05, 0) is 31.5 Å². The summed E-state index contributed by atoms with van der Waals surface area (Å²) in [5.41, 5.74) is 7.51. The van der Waals surface area contributed by atoms with Gasteiger partial charge in [0, 0.05) is 7.11 Å². The molecular formula is C14H21N3O2. The van der Waals surface area contributed by atoms with Gasteiger partial charge in [-0.25, -0.2) is 0 Å². The van der Waals surface area contributed by atoms with E-state index < -0.39 is 0 Å². The van der Waals surface area contributed by atoms with Crippen LogP contribution in [-0.4, -0.2) is 38.8 Å². The molecule has 0 radical (unpaired) electrons. The first kappa shape index (κ1) is 13.8. The van der Waals surface area contributed by atoms with Crippen LogP contribution in [0.4, 0.5) is 11.4 Å². The summed E-state index contributed by atoms with van der Waals surface area (Å²) in [5.74, 6) is 0.0209. The van der Waals surface area contributed by atoms with Crippen LogP contribution in [0.2, 0.25) is 0 Å². The van der Waals surface area contributed by atoms with Crippen molar-refractivity contribution in [1.82, 2.24) is 0 Å². The van der Waals surface area contributed by atoms with E-state index in [-0.39, 0.29) is 11.9 Å². The maximum Gasteiger partial charge on any atom is 0.243 e. The summed E-state index contributed by atoms with van der Waals surface area (Å²) < 4.78 is 5.29. The third kappa shape index (κ3) is 3.24. The number of anilines is 2. The number of benzene rings is 1. The zero-order valence-electron chi connectivity index (χ0n) is 11.3. The predicted octanol–water partition coefficient (Wildman–Crippen LogP) is 1.20. The monoisotopic (exact) mass is 263 g/mol. The van der Waals surface area contributed by atoms with Gasteiger partial charge in [-0.15, -0.1) is 0 Å². The standard InChI is InChI=1S/C14H21N3O2/c1-19-10-11(5-4-8-15)17-9-14(18)16-12-6-2-3-7-13(12)17/h2-3,6-7,11H,4-5,8-10,15H2,1H3,(H,16,18). The Hall–Kier alpha value is -1.59. The molecule has 1 aliphatic heterocycles. The largest absolute Gasteiger partial charge is 0.383 e. The van der Waals surface area contributed by atoms with E-state index in [1.807, 2.05) is 24.3 Å². The Morgan fingerprint density at radius 3 is 3.00 bits per heavy atom. The van der Waals surface area contributed by atoms with Gasteiger partial charge < -0.3 is 20.7 Å². The highest BCUT2D eigenvalue weighted by molar-refractivity contribution is 6.01. The molecule has 1 aromatic carbocycles. The topological polar surface area (TPSA) is 67.6 Å². The van der Waals surface area contributed by atoms with E-state index in [4.69, 9.17) is 10.5 Å². The molecule has 1 unspecified atom stereocenters. The number of methoxy groups -OCH3 is 1. The summed E-state index contributed by atoms with van der Waals surface area (Å²) in [6.45, 7) is 1.62. The molecule has 1 amide bonds. The number of nitrogens with one attached hydrogen (secondary N) is 1. The van der Waals surface area contributed by atoms with E-state index in [0.717, 1.165) is 24.2 Å². The minimum absolute atomic E-state index is 0.0209. The molecule has 1 heterocycles. The number of amides is 1. The third-order valence-electron chi connectivity index (χ3n) is 3.34. The predicted molar refractivity (Wildman–Crippen MR) is 76.4 cm³/mol. The Morgan fingerprint density at radius 1 is 1.47 bits per heavy atom. The number of carbonyl (C=O) groups excluding carboxylic acids is 1. The van der Waals surface area contributed by atoms with Crippen LogP contribution in [0.5, 0.6) is 0 Å². The normalized spacial score (nSPS) is 15.9. The fourth-order valence-corrected chi connectivity index (χ4v) is 2.46. The summed E-state index contributed by atoms with van der Waals surface area (Å²) in [6.07, 6.45) is 1.85. The number of ether oxygens (including phenoxy) is 1. The maximum atomic E-state index is 11.8. The van der Waals surface area contributed by atoms with E-state index in [0.29, 0.717) is 19.7 Å². The first-order valence-corrected chi connectivity index (χ1v) is 6.60. The Morgan fingerprint density at radius 2 is 2.26 bits per heavy atom. The van der Waals surface area contributed by atoms with E-state index in [1.165, 1.54) is 0 Å². The molecule has 1 aliphatic rings. The second-order valence-corrected chi connectivity index (χ2v) is 4.73. The van der Waals surface area contributed by atoms with Crippen molar-refractivity contribution in [3.63, 3.8) is 0 Å². The van der Waals surface area contributed by atoms with Gasteiger partial charge in [0.25, 0.3) is 0 Å². The molecule has 5 heteroatoms. The number of fused-ring (bicyclic) bond motifs is 1.